The van der Waals surface area contributed by atoms with Gasteiger partial charge < -0.3 is 10.2 Å². The van der Waals surface area contributed by atoms with Crippen LogP contribution in [-0.2, 0) is 11.2 Å². The molecule has 148 valence electrons. The first-order chi connectivity index (χ1) is 13.5. The molecule has 0 saturated carbocycles. The Kier molecular flexibility index (Phi) is 6.89. The number of hydrogen-bond acceptors (Lipinski definition) is 2. The molecule has 28 heavy (non-hydrogen) atoms. The maximum absolute atomic E-state index is 12.7. The number of carbonyl (C=O) groups excluding carboxylic acids is 2. The van der Waals surface area contributed by atoms with Gasteiger partial charge in [0.25, 0.3) is 5.91 Å². The first-order valence-electron chi connectivity index (χ1n) is 9.92. The van der Waals surface area contributed by atoms with Crippen LogP contribution in [0.3, 0.4) is 0 Å². The van der Waals surface area contributed by atoms with Crippen LogP contribution in [0.25, 0.3) is 0 Å². The Labute approximate surface area is 175 Å². The van der Waals surface area contributed by atoms with E-state index < -0.39 is 0 Å². The lowest BCUT2D eigenvalue weighted by atomic mass is 9.94. The summed E-state index contributed by atoms with van der Waals surface area (Å²) in [5.41, 5.74) is 3.11. The van der Waals surface area contributed by atoms with Crippen molar-refractivity contribution in [1.29, 1.82) is 0 Å². The maximum Gasteiger partial charge on any atom is 0.253 e. The molecule has 1 aliphatic heterocycles. The van der Waals surface area contributed by atoms with Crippen LogP contribution in [0.15, 0.2) is 53.0 Å². The Hall–Kier alpha value is -2.14. The van der Waals surface area contributed by atoms with Gasteiger partial charge in [-0.25, -0.2) is 0 Å². The molecule has 0 aliphatic carbocycles. The molecule has 0 bridgehead atoms. The topological polar surface area (TPSA) is 49.4 Å². The minimum Gasteiger partial charge on any atom is -0.349 e. The molecule has 2 aromatic carbocycles. The summed E-state index contributed by atoms with van der Waals surface area (Å²) >= 11 is 3.39. The number of rotatable bonds is 5. The fourth-order valence-corrected chi connectivity index (χ4v) is 3.84. The molecule has 1 atom stereocenters. The molecule has 5 heteroatoms. The molecule has 3 rings (SSSR count). The van der Waals surface area contributed by atoms with Crippen molar-refractivity contribution >= 4 is 27.7 Å². The van der Waals surface area contributed by atoms with Crippen molar-refractivity contribution in [3.63, 3.8) is 0 Å². The third-order valence-corrected chi connectivity index (χ3v) is 6.02. The van der Waals surface area contributed by atoms with Gasteiger partial charge in [0.1, 0.15) is 0 Å². The van der Waals surface area contributed by atoms with E-state index in [1.165, 1.54) is 5.56 Å². The van der Waals surface area contributed by atoms with Crippen LogP contribution in [-0.4, -0.2) is 29.8 Å². The van der Waals surface area contributed by atoms with Crippen LogP contribution in [0, 0.1) is 5.92 Å². The maximum atomic E-state index is 12.7. The number of amides is 2. The number of benzene rings is 2. The summed E-state index contributed by atoms with van der Waals surface area (Å²) in [4.78, 5) is 27.1. The smallest absolute Gasteiger partial charge is 0.253 e. The predicted molar refractivity (Wildman–Crippen MR) is 115 cm³/mol. The van der Waals surface area contributed by atoms with Gasteiger partial charge in [-0.15, -0.1) is 0 Å². The zero-order valence-corrected chi connectivity index (χ0v) is 18.0. The highest BCUT2D eigenvalue weighted by molar-refractivity contribution is 9.10. The first-order valence-corrected chi connectivity index (χ1v) is 10.7. The molecular weight excluding hydrogens is 416 g/mol. The Balaban J connectivity index is 1.51. The third-order valence-electron chi connectivity index (χ3n) is 5.49. The lowest BCUT2D eigenvalue weighted by molar-refractivity contribution is -0.126. The van der Waals surface area contributed by atoms with Crippen molar-refractivity contribution in [3.8, 4) is 0 Å². The summed E-state index contributed by atoms with van der Waals surface area (Å²) < 4.78 is 0.956. The van der Waals surface area contributed by atoms with Gasteiger partial charge >= 0.3 is 0 Å². The fourth-order valence-electron chi connectivity index (χ4n) is 3.58. The van der Waals surface area contributed by atoms with Crippen molar-refractivity contribution < 1.29 is 9.59 Å². The van der Waals surface area contributed by atoms with E-state index in [4.69, 9.17) is 0 Å². The SMILES string of the molecule is CCc1ccc(C(C)NC(=O)C2CCN(C(=O)c3ccc(Br)cc3)CC2)cc1. The van der Waals surface area contributed by atoms with Crippen molar-refractivity contribution in [2.75, 3.05) is 13.1 Å². The number of hydrogen-bond donors (Lipinski definition) is 1. The number of piperidine rings is 1. The lowest BCUT2D eigenvalue weighted by Gasteiger charge is -2.32. The van der Waals surface area contributed by atoms with E-state index in [1.807, 2.05) is 36.1 Å². The molecule has 1 N–H and O–H groups in total. The van der Waals surface area contributed by atoms with Gasteiger partial charge in [-0.05, 0) is 61.6 Å². The van der Waals surface area contributed by atoms with E-state index in [2.05, 4.69) is 52.4 Å². The molecule has 2 amide bonds. The lowest BCUT2D eigenvalue weighted by Crippen LogP contribution is -2.43. The predicted octanol–water partition coefficient (Wildman–Crippen LogP) is 4.74. The summed E-state index contributed by atoms with van der Waals surface area (Å²) in [6, 6.07) is 15.8. The van der Waals surface area contributed by atoms with Gasteiger partial charge in [-0.2, -0.15) is 0 Å². The summed E-state index contributed by atoms with van der Waals surface area (Å²) in [6.07, 6.45) is 2.42. The van der Waals surface area contributed by atoms with Crippen molar-refractivity contribution in [3.05, 3.63) is 69.7 Å². The number of aryl methyl sites for hydroxylation is 1. The molecule has 0 aromatic heterocycles. The van der Waals surface area contributed by atoms with Crippen LogP contribution < -0.4 is 5.32 Å². The molecule has 1 unspecified atom stereocenters. The fraction of sp³-hybridized carbons (Fsp3) is 0.391. The molecule has 0 radical (unpaired) electrons. The average molecular weight is 443 g/mol. The van der Waals surface area contributed by atoms with Gasteiger partial charge in [-0.1, -0.05) is 47.1 Å². The van der Waals surface area contributed by atoms with Crippen LogP contribution >= 0.6 is 15.9 Å². The summed E-state index contributed by atoms with van der Waals surface area (Å²) in [5, 5.41) is 3.14. The van der Waals surface area contributed by atoms with E-state index >= 15 is 0 Å². The first kappa shape index (κ1) is 20.6. The second-order valence-corrected chi connectivity index (χ2v) is 8.31. The van der Waals surface area contributed by atoms with E-state index in [1.54, 1.807) is 0 Å². The summed E-state index contributed by atoms with van der Waals surface area (Å²) in [5.74, 6) is 0.0879. The zero-order chi connectivity index (χ0) is 20.1. The normalized spacial score (nSPS) is 15.9. The number of carbonyl (C=O) groups is 2. The second-order valence-electron chi connectivity index (χ2n) is 7.40. The van der Waals surface area contributed by atoms with Crippen molar-refractivity contribution in [1.82, 2.24) is 10.2 Å². The molecule has 1 aliphatic rings. The third kappa shape index (κ3) is 5.02. The molecule has 0 spiro atoms. The highest BCUT2D eigenvalue weighted by Crippen LogP contribution is 2.22. The summed E-state index contributed by atoms with van der Waals surface area (Å²) in [6.45, 7) is 5.39. The zero-order valence-electron chi connectivity index (χ0n) is 16.5. The highest BCUT2D eigenvalue weighted by Gasteiger charge is 2.28. The van der Waals surface area contributed by atoms with Crippen molar-refractivity contribution in [2.45, 2.75) is 39.2 Å². The number of nitrogens with one attached hydrogen (secondary N) is 1. The number of nitrogens with zero attached hydrogens (tertiary/aromatic N) is 1. The van der Waals surface area contributed by atoms with Gasteiger partial charge in [0, 0.05) is 29.0 Å². The monoisotopic (exact) mass is 442 g/mol. The molecule has 2 aromatic rings. The van der Waals surface area contributed by atoms with Gasteiger partial charge in [-0.3, -0.25) is 9.59 Å². The molecule has 4 nitrogen and oxygen atoms in total. The summed E-state index contributed by atoms with van der Waals surface area (Å²) in [7, 11) is 0. The van der Waals surface area contributed by atoms with E-state index in [0.29, 0.717) is 31.5 Å². The van der Waals surface area contributed by atoms with Crippen LogP contribution in [0.4, 0.5) is 0 Å². The highest BCUT2D eigenvalue weighted by atomic mass is 79.9. The second kappa shape index (κ2) is 9.37. The van der Waals surface area contributed by atoms with Gasteiger partial charge in [0.05, 0.1) is 6.04 Å². The Morgan fingerprint density at radius 1 is 1.07 bits per heavy atom. The van der Waals surface area contributed by atoms with Crippen LogP contribution in [0.2, 0.25) is 0 Å². The van der Waals surface area contributed by atoms with Crippen LogP contribution in [0.1, 0.15) is 54.2 Å². The Bertz CT molecular complexity index is 810. The standard InChI is InChI=1S/C23H27BrN2O2/c1-3-17-4-6-18(7-5-17)16(2)25-22(27)19-12-14-26(15-13-19)23(28)20-8-10-21(24)11-9-20/h4-11,16,19H,3,12-15H2,1-2H3,(H,25,27). The number of likely N-dealkylation sites (tertiary alicyclic amines) is 1. The Morgan fingerprint density at radius 3 is 2.25 bits per heavy atom. The molecule has 1 heterocycles. The average Bonchev–Trinajstić information content (AvgIpc) is 2.74. The minimum atomic E-state index is -0.0358. The van der Waals surface area contributed by atoms with Crippen molar-refractivity contribution in [2.24, 2.45) is 5.92 Å². The van der Waals surface area contributed by atoms with E-state index in [-0.39, 0.29) is 23.8 Å². The quantitative estimate of drug-likeness (QED) is 0.726. The van der Waals surface area contributed by atoms with E-state index in [9.17, 15) is 9.59 Å². The van der Waals surface area contributed by atoms with Gasteiger partial charge in [0.15, 0.2) is 0 Å². The molecule has 1 fully saturated rings. The minimum absolute atomic E-state index is 0.0131. The Morgan fingerprint density at radius 2 is 1.68 bits per heavy atom. The number of halogens is 1. The largest absolute Gasteiger partial charge is 0.349 e. The van der Waals surface area contributed by atoms with Gasteiger partial charge in [0.2, 0.25) is 5.91 Å². The molecular formula is C23H27BrN2O2. The van der Waals surface area contributed by atoms with Crippen LogP contribution in [0.5, 0.6) is 0 Å². The van der Waals surface area contributed by atoms with E-state index in [0.717, 1.165) is 16.5 Å². The molecule has 1 saturated heterocycles.